The molecule has 0 fully saturated rings. The topological polar surface area (TPSA) is 45.8 Å². The van der Waals surface area contributed by atoms with Gasteiger partial charge in [0.25, 0.3) is 5.56 Å². The average molecular weight is 388 g/mol. The van der Waals surface area contributed by atoms with Crippen LogP contribution < -0.4 is 5.56 Å². The molecule has 0 saturated heterocycles. The summed E-state index contributed by atoms with van der Waals surface area (Å²) in [7, 11) is 0. The summed E-state index contributed by atoms with van der Waals surface area (Å²) < 4.78 is 0.501. The summed E-state index contributed by atoms with van der Waals surface area (Å²) in [6.45, 7) is 6.10. The Labute approximate surface area is 141 Å². The summed E-state index contributed by atoms with van der Waals surface area (Å²) in [4.78, 5) is 20.4. The predicted octanol–water partition coefficient (Wildman–Crippen LogP) is 4.78. The number of thioether (sulfide) groups is 1. The SMILES string of the molecule is CC(C)(C)c1nc(CSc2ccccc2Cl)[nH]c(=O)c1Br. The lowest BCUT2D eigenvalue weighted by Crippen LogP contribution is -2.23. The Morgan fingerprint density at radius 3 is 2.62 bits per heavy atom. The highest BCUT2D eigenvalue weighted by Gasteiger charge is 2.22. The number of nitrogens with zero attached hydrogens (tertiary/aromatic N) is 1. The van der Waals surface area contributed by atoms with Crippen LogP contribution >= 0.6 is 39.3 Å². The smallest absolute Gasteiger partial charge is 0.265 e. The number of aromatic amines is 1. The third kappa shape index (κ3) is 4.11. The maximum Gasteiger partial charge on any atom is 0.265 e. The van der Waals surface area contributed by atoms with Gasteiger partial charge in [-0.2, -0.15) is 0 Å². The van der Waals surface area contributed by atoms with E-state index in [1.807, 2.05) is 45.0 Å². The number of halogens is 2. The van der Waals surface area contributed by atoms with Crippen molar-refractivity contribution in [3.63, 3.8) is 0 Å². The van der Waals surface area contributed by atoms with Crippen LogP contribution in [0.15, 0.2) is 38.4 Å². The molecule has 0 radical (unpaired) electrons. The zero-order valence-corrected chi connectivity index (χ0v) is 15.2. The second-order valence-electron chi connectivity index (χ2n) is 5.64. The molecule has 1 heterocycles. The number of benzene rings is 1. The maximum absolute atomic E-state index is 12.0. The van der Waals surface area contributed by atoms with Gasteiger partial charge in [0.2, 0.25) is 0 Å². The normalized spacial score (nSPS) is 11.7. The third-order valence-corrected chi connectivity index (χ3v) is 5.09. The van der Waals surface area contributed by atoms with Crippen LogP contribution in [0.4, 0.5) is 0 Å². The van der Waals surface area contributed by atoms with E-state index in [1.54, 1.807) is 11.8 Å². The summed E-state index contributed by atoms with van der Waals surface area (Å²) in [5, 5.41) is 0.706. The van der Waals surface area contributed by atoms with Crippen molar-refractivity contribution in [1.29, 1.82) is 0 Å². The zero-order chi connectivity index (χ0) is 15.6. The number of rotatable bonds is 3. The fraction of sp³-hybridized carbons (Fsp3) is 0.333. The van der Waals surface area contributed by atoms with E-state index >= 15 is 0 Å². The van der Waals surface area contributed by atoms with Crippen LogP contribution in [0.25, 0.3) is 0 Å². The van der Waals surface area contributed by atoms with Gasteiger partial charge in [-0.25, -0.2) is 4.98 Å². The fourth-order valence-corrected chi connectivity index (χ4v) is 3.67. The Hall–Kier alpha value is -0.780. The molecule has 3 nitrogen and oxygen atoms in total. The molecule has 0 aliphatic rings. The lowest BCUT2D eigenvalue weighted by atomic mass is 9.92. The van der Waals surface area contributed by atoms with Crippen molar-refractivity contribution in [2.24, 2.45) is 0 Å². The largest absolute Gasteiger partial charge is 0.309 e. The number of hydrogen-bond donors (Lipinski definition) is 1. The van der Waals surface area contributed by atoms with Crippen LogP contribution in [0.2, 0.25) is 5.02 Å². The van der Waals surface area contributed by atoms with E-state index in [2.05, 4.69) is 25.9 Å². The zero-order valence-electron chi connectivity index (χ0n) is 12.0. The Kier molecular flexibility index (Phi) is 5.17. The van der Waals surface area contributed by atoms with Crippen LogP contribution in [-0.4, -0.2) is 9.97 Å². The molecule has 0 spiro atoms. The molecule has 0 bridgehead atoms. The van der Waals surface area contributed by atoms with Crippen molar-refractivity contribution >= 4 is 39.3 Å². The van der Waals surface area contributed by atoms with Gasteiger partial charge in [-0.1, -0.05) is 44.5 Å². The van der Waals surface area contributed by atoms with E-state index in [9.17, 15) is 4.79 Å². The Morgan fingerprint density at radius 2 is 2.00 bits per heavy atom. The first-order chi connectivity index (χ1) is 9.79. The van der Waals surface area contributed by atoms with E-state index < -0.39 is 0 Å². The summed E-state index contributed by atoms with van der Waals surface area (Å²) in [5.41, 5.74) is 0.419. The van der Waals surface area contributed by atoms with Gasteiger partial charge in [0.15, 0.2) is 0 Å². The number of H-pyrrole nitrogens is 1. The van der Waals surface area contributed by atoms with Gasteiger partial charge in [0.1, 0.15) is 10.3 Å². The van der Waals surface area contributed by atoms with Crippen molar-refractivity contribution < 1.29 is 0 Å². The summed E-state index contributed by atoms with van der Waals surface area (Å²) in [6.07, 6.45) is 0. The molecular weight excluding hydrogens is 372 g/mol. The van der Waals surface area contributed by atoms with E-state index in [0.717, 1.165) is 10.6 Å². The highest BCUT2D eigenvalue weighted by Crippen LogP contribution is 2.30. The van der Waals surface area contributed by atoms with Crippen LogP contribution in [0, 0.1) is 0 Å². The molecule has 0 saturated carbocycles. The molecule has 1 aromatic heterocycles. The standard InChI is InChI=1S/C15H16BrClN2OS/c1-15(2,3)13-12(16)14(20)19-11(18-13)8-21-10-7-5-4-6-9(10)17/h4-7H,8H2,1-3H3,(H,18,19,20). The first-order valence-corrected chi connectivity index (χ1v) is 8.61. The highest BCUT2D eigenvalue weighted by molar-refractivity contribution is 9.10. The van der Waals surface area contributed by atoms with E-state index in [0.29, 0.717) is 21.1 Å². The summed E-state index contributed by atoms with van der Waals surface area (Å²) in [5.74, 6) is 1.22. The molecule has 0 amide bonds. The molecule has 1 N–H and O–H groups in total. The van der Waals surface area contributed by atoms with Crippen LogP contribution in [-0.2, 0) is 11.2 Å². The minimum Gasteiger partial charge on any atom is -0.309 e. The highest BCUT2D eigenvalue weighted by atomic mass is 79.9. The average Bonchev–Trinajstić information content (AvgIpc) is 2.40. The van der Waals surface area contributed by atoms with Gasteiger partial charge in [-0.15, -0.1) is 11.8 Å². The Bertz CT molecular complexity index is 710. The van der Waals surface area contributed by atoms with Gasteiger partial charge in [0.05, 0.1) is 16.5 Å². The fourth-order valence-electron chi connectivity index (χ4n) is 1.78. The Morgan fingerprint density at radius 1 is 1.33 bits per heavy atom. The van der Waals surface area contributed by atoms with Crippen molar-refractivity contribution in [3.05, 3.63) is 55.6 Å². The summed E-state index contributed by atoms with van der Waals surface area (Å²) >= 11 is 11.0. The van der Waals surface area contributed by atoms with E-state index in [4.69, 9.17) is 11.6 Å². The molecule has 2 rings (SSSR count). The lowest BCUT2D eigenvalue weighted by molar-refractivity contribution is 0.558. The molecule has 0 aliphatic heterocycles. The second kappa shape index (κ2) is 6.55. The monoisotopic (exact) mass is 386 g/mol. The van der Waals surface area contributed by atoms with Gasteiger partial charge in [-0.3, -0.25) is 4.79 Å². The summed E-state index contributed by atoms with van der Waals surface area (Å²) in [6, 6.07) is 7.63. The molecular formula is C15H16BrClN2OS. The molecule has 112 valence electrons. The maximum atomic E-state index is 12.0. The van der Waals surface area contributed by atoms with Gasteiger partial charge in [-0.05, 0) is 28.1 Å². The molecule has 2 aromatic rings. The number of hydrogen-bond acceptors (Lipinski definition) is 3. The number of nitrogens with one attached hydrogen (secondary N) is 1. The first-order valence-electron chi connectivity index (χ1n) is 6.45. The molecule has 6 heteroatoms. The van der Waals surface area contributed by atoms with Crippen molar-refractivity contribution in [2.75, 3.05) is 0 Å². The predicted molar refractivity (Wildman–Crippen MR) is 92.3 cm³/mol. The van der Waals surface area contributed by atoms with Crippen molar-refractivity contribution in [2.45, 2.75) is 36.8 Å². The Balaban J connectivity index is 2.28. The first kappa shape index (κ1) is 16.6. The van der Waals surface area contributed by atoms with Crippen molar-refractivity contribution in [1.82, 2.24) is 9.97 Å². The molecule has 1 aromatic carbocycles. The van der Waals surface area contributed by atoms with Crippen LogP contribution in [0.3, 0.4) is 0 Å². The minimum absolute atomic E-state index is 0.148. The third-order valence-electron chi connectivity index (χ3n) is 2.82. The molecule has 0 unspecified atom stereocenters. The lowest BCUT2D eigenvalue weighted by Gasteiger charge is -2.19. The van der Waals surface area contributed by atoms with Crippen LogP contribution in [0.5, 0.6) is 0 Å². The van der Waals surface area contributed by atoms with Crippen LogP contribution in [0.1, 0.15) is 32.3 Å². The molecule has 0 atom stereocenters. The van der Waals surface area contributed by atoms with E-state index in [-0.39, 0.29) is 11.0 Å². The van der Waals surface area contributed by atoms with Crippen molar-refractivity contribution in [3.8, 4) is 0 Å². The second-order valence-corrected chi connectivity index (χ2v) is 7.86. The minimum atomic E-state index is -0.198. The number of aromatic nitrogens is 2. The van der Waals surface area contributed by atoms with Gasteiger partial charge < -0.3 is 4.98 Å². The van der Waals surface area contributed by atoms with Gasteiger partial charge in [0, 0.05) is 10.3 Å². The molecule has 0 aliphatic carbocycles. The van der Waals surface area contributed by atoms with E-state index in [1.165, 1.54) is 0 Å². The quantitative estimate of drug-likeness (QED) is 0.771. The molecule has 21 heavy (non-hydrogen) atoms. The van der Waals surface area contributed by atoms with Gasteiger partial charge >= 0.3 is 0 Å².